The third kappa shape index (κ3) is 7.47. The molecule has 0 saturated heterocycles. The summed E-state index contributed by atoms with van der Waals surface area (Å²) in [5.74, 6) is -2.46. The highest BCUT2D eigenvalue weighted by Crippen LogP contribution is 2.30. The third-order valence-electron chi connectivity index (χ3n) is 4.93. The van der Waals surface area contributed by atoms with E-state index in [9.17, 15) is 22.8 Å². The number of carboxylic acids is 2. The molecule has 3 rings (SSSR count). The molecule has 5 nitrogen and oxygen atoms in total. The van der Waals surface area contributed by atoms with Crippen molar-refractivity contribution in [1.82, 2.24) is 5.32 Å². The lowest BCUT2D eigenvalue weighted by atomic mass is 10.0. The lowest BCUT2D eigenvalue weighted by Gasteiger charge is -2.21. The Labute approximate surface area is 189 Å². The van der Waals surface area contributed by atoms with E-state index in [0.29, 0.717) is 0 Å². The van der Waals surface area contributed by atoms with Crippen LogP contribution in [0.5, 0.6) is 0 Å². The molecule has 0 radical (unpaired) electrons. The topological polar surface area (TPSA) is 86.6 Å². The maximum atomic E-state index is 12.5. The van der Waals surface area contributed by atoms with E-state index in [-0.39, 0.29) is 23.2 Å². The molecule has 3 aromatic rings. The van der Waals surface area contributed by atoms with Gasteiger partial charge >= 0.3 is 18.1 Å². The Kier molecular flexibility index (Phi) is 8.76. The summed E-state index contributed by atoms with van der Waals surface area (Å²) >= 11 is 0. The standard InChI is InChI=1S/C17H18F3N.C8H6O4/c1-12(14-6-4-3-5-7-14)21-13(2)15-8-10-16(11-9-15)17(18,19)20;9-7(10)5-3-1-2-4-6(5)8(11)12/h3-13,21H,1-2H3;1-4H,(H,9,10)(H,11,12)/t12-,13?;/m1./s1. The monoisotopic (exact) mass is 459 g/mol. The van der Waals surface area contributed by atoms with Crippen molar-refractivity contribution in [2.75, 3.05) is 0 Å². The first-order valence-electron chi connectivity index (χ1n) is 10.0. The van der Waals surface area contributed by atoms with Gasteiger partial charge in [0.15, 0.2) is 0 Å². The molecular weight excluding hydrogens is 435 g/mol. The van der Waals surface area contributed by atoms with Crippen molar-refractivity contribution in [1.29, 1.82) is 0 Å². The number of hydrogen-bond acceptors (Lipinski definition) is 3. The van der Waals surface area contributed by atoms with E-state index in [1.165, 1.54) is 36.4 Å². The molecule has 0 aliphatic carbocycles. The summed E-state index contributed by atoms with van der Waals surface area (Å²) in [4.78, 5) is 20.9. The van der Waals surface area contributed by atoms with E-state index in [4.69, 9.17) is 10.2 Å². The molecule has 8 heteroatoms. The zero-order valence-corrected chi connectivity index (χ0v) is 18.0. The highest BCUT2D eigenvalue weighted by molar-refractivity contribution is 6.01. The molecule has 3 N–H and O–H groups in total. The lowest BCUT2D eigenvalue weighted by Crippen LogP contribution is -2.22. The van der Waals surface area contributed by atoms with Crippen molar-refractivity contribution in [3.63, 3.8) is 0 Å². The van der Waals surface area contributed by atoms with Crippen LogP contribution in [-0.4, -0.2) is 22.2 Å². The van der Waals surface area contributed by atoms with E-state index in [1.54, 1.807) is 0 Å². The van der Waals surface area contributed by atoms with Crippen LogP contribution in [-0.2, 0) is 6.18 Å². The molecular formula is C25H24F3NO4. The van der Waals surface area contributed by atoms with Crippen LogP contribution >= 0.6 is 0 Å². The van der Waals surface area contributed by atoms with Gasteiger partial charge in [0, 0.05) is 12.1 Å². The minimum atomic E-state index is -4.29. The summed E-state index contributed by atoms with van der Waals surface area (Å²) in [7, 11) is 0. The Morgan fingerprint density at radius 1 is 0.697 bits per heavy atom. The molecule has 33 heavy (non-hydrogen) atoms. The van der Waals surface area contributed by atoms with Crippen molar-refractivity contribution in [2.24, 2.45) is 0 Å². The minimum Gasteiger partial charge on any atom is -0.478 e. The van der Waals surface area contributed by atoms with Gasteiger partial charge in [-0.05, 0) is 49.2 Å². The van der Waals surface area contributed by atoms with Gasteiger partial charge in [0.05, 0.1) is 16.7 Å². The summed E-state index contributed by atoms with van der Waals surface area (Å²) in [5, 5.41) is 20.5. The maximum absolute atomic E-state index is 12.5. The lowest BCUT2D eigenvalue weighted by molar-refractivity contribution is -0.137. The van der Waals surface area contributed by atoms with Gasteiger partial charge in [0.2, 0.25) is 0 Å². The molecule has 0 aliphatic heterocycles. The number of nitrogens with one attached hydrogen (secondary N) is 1. The Hall–Kier alpha value is -3.65. The SMILES string of the molecule is CC(N[C@H](C)c1ccccc1)c1ccc(C(F)(F)F)cc1.O=C(O)c1ccccc1C(=O)O. The quantitative estimate of drug-likeness (QED) is 0.409. The van der Waals surface area contributed by atoms with Gasteiger partial charge in [-0.25, -0.2) is 9.59 Å². The number of alkyl halides is 3. The number of halogens is 3. The van der Waals surface area contributed by atoms with E-state index in [1.807, 2.05) is 44.2 Å². The molecule has 0 amide bonds. The second kappa shape index (κ2) is 11.3. The van der Waals surface area contributed by atoms with Gasteiger partial charge in [-0.3, -0.25) is 0 Å². The number of rotatable bonds is 6. The van der Waals surface area contributed by atoms with Crippen molar-refractivity contribution < 1.29 is 33.0 Å². The second-order valence-corrected chi connectivity index (χ2v) is 7.30. The molecule has 0 aliphatic rings. The van der Waals surface area contributed by atoms with Gasteiger partial charge in [0.1, 0.15) is 0 Å². The van der Waals surface area contributed by atoms with Crippen molar-refractivity contribution in [3.8, 4) is 0 Å². The molecule has 3 aromatic carbocycles. The van der Waals surface area contributed by atoms with Crippen LogP contribution < -0.4 is 5.32 Å². The van der Waals surface area contributed by atoms with Crippen LogP contribution in [0.3, 0.4) is 0 Å². The van der Waals surface area contributed by atoms with Crippen molar-refractivity contribution >= 4 is 11.9 Å². The molecule has 0 fully saturated rings. The van der Waals surface area contributed by atoms with Gasteiger partial charge in [-0.1, -0.05) is 54.6 Å². The summed E-state index contributed by atoms with van der Waals surface area (Å²) in [6.07, 6.45) is -4.29. The molecule has 0 spiro atoms. The first-order valence-corrected chi connectivity index (χ1v) is 10.0. The highest BCUT2D eigenvalue weighted by Gasteiger charge is 2.30. The molecule has 0 bridgehead atoms. The summed E-state index contributed by atoms with van der Waals surface area (Å²) in [6.45, 7) is 3.98. The first-order chi connectivity index (χ1) is 15.5. The van der Waals surface area contributed by atoms with E-state index >= 15 is 0 Å². The van der Waals surface area contributed by atoms with Gasteiger partial charge < -0.3 is 15.5 Å². The Balaban J connectivity index is 0.000000273. The first kappa shape index (κ1) is 25.6. The van der Waals surface area contributed by atoms with E-state index in [2.05, 4.69) is 5.32 Å². The fraction of sp³-hybridized carbons (Fsp3) is 0.200. The average Bonchev–Trinajstić information content (AvgIpc) is 2.79. The van der Waals surface area contributed by atoms with Gasteiger partial charge in [-0.15, -0.1) is 0 Å². The molecule has 0 saturated carbocycles. The largest absolute Gasteiger partial charge is 0.478 e. The molecule has 1 unspecified atom stereocenters. The number of hydrogen-bond donors (Lipinski definition) is 3. The molecule has 0 heterocycles. The fourth-order valence-corrected chi connectivity index (χ4v) is 3.13. The zero-order valence-electron chi connectivity index (χ0n) is 18.0. The van der Waals surface area contributed by atoms with Crippen LogP contribution in [0.25, 0.3) is 0 Å². The predicted molar refractivity (Wildman–Crippen MR) is 118 cm³/mol. The van der Waals surface area contributed by atoms with Crippen LogP contribution in [0, 0.1) is 0 Å². The number of benzene rings is 3. The molecule has 0 aromatic heterocycles. The Bertz CT molecular complexity index is 1030. The second-order valence-electron chi connectivity index (χ2n) is 7.30. The summed E-state index contributed by atoms with van der Waals surface area (Å²) < 4.78 is 37.6. The van der Waals surface area contributed by atoms with Crippen LogP contribution in [0.2, 0.25) is 0 Å². The molecule has 174 valence electrons. The molecule has 2 atom stereocenters. The summed E-state index contributed by atoms with van der Waals surface area (Å²) in [6, 6.07) is 20.8. The van der Waals surface area contributed by atoms with Gasteiger partial charge in [-0.2, -0.15) is 13.2 Å². The zero-order chi connectivity index (χ0) is 24.6. The van der Waals surface area contributed by atoms with Crippen LogP contribution in [0.4, 0.5) is 13.2 Å². The third-order valence-corrected chi connectivity index (χ3v) is 4.93. The van der Waals surface area contributed by atoms with E-state index < -0.39 is 23.7 Å². The fourth-order valence-electron chi connectivity index (χ4n) is 3.13. The maximum Gasteiger partial charge on any atom is 0.416 e. The van der Waals surface area contributed by atoms with Crippen molar-refractivity contribution in [2.45, 2.75) is 32.1 Å². The number of aromatic carboxylic acids is 2. The van der Waals surface area contributed by atoms with Crippen molar-refractivity contribution in [3.05, 3.63) is 107 Å². The number of carbonyl (C=O) groups is 2. The predicted octanol–water partition coefficient (Wildman–Crippen LogP) is 6.20. The normalized spacial score (nSPS) is 12.8. The highest BCUT2D eigenvalue weighted by atomic mass is 19.4. The average molecular weight is 459 g/mol. The van der Waals surface area contributed by atoms with Crippen LogP contribution in [0.15, 0.2) is 78.9 Å². The van der Waals surface area contributed by atoms with E-state index in [0.717, 1.165) is 23.3 Å². The van der Waals surface area contributed by atoms with Gasteiger partial charge in [0.25, 0.3) is 0 Å². The Morgan fingerprint density at radius 3 is 1.48 bits per heavy atom. The summed E-state index contributed by atoms with van der Waals surface area (Å²) in [5.41, 5.74) is 0.992. The van der Waals surface area contributed by atoms with Crippen LogP contribution in [0.1, 0.15) is 63.3 Å². The minimum absolute atomic E-state index is 0.0255. The number of carboxylic acid groups (broad SMARTS) is 2. The smallest absolute Gasteiger partial charge is 0.416 e. The Morgan fingerprint density at radius 2 is 1.09 bits per heavy atom.